The number of carbonyl (C=O) groups excluding carboxylic acids is 1. The van der Waals surface area contributed by atoms with Crippen LogP contribution < -0.4 is 0 Å². The quantitative estimate of drug-likeness (QED) is 0.275. The van der Waals surface area contributed by atoms with Crippen molar-refractivity contribution in [1.29, 1.82) is 5.26 Å². The predicted molar refractivity (Wildman–Crippen MR) is 86.8 cm³/mol. The van der Waals surface area contributed by atoms with Gasteiger partial charge in [0.05, 0.1) is 16.6 Å². The van der Waals surface area contributed by atoms with Crippen LogP contribution in [0, 0.1) is 21.4 Å². The van der Waals surface area contributed by atoms with E-state index in [2.05, 4.69) is 0 Å². The molecule has 0 N–H and O–H groups in total. The Kier molecular flexibility index (Phi) is 5.16. The number of benzene rings is 2. The van der Waals surface area contributed by atoms with E-state index in [1.54, 1.807) is 48.6 Å². The number of nitrogens with zero attached hydrogens (tertiary/aromatic N) is 2. The number of rotatable bonds is 5. The van der Waals surface area contributed by atoms with Crippen molar-refractivity contribution in [3.8, 4) is 6.07 Å². The molecule has 23 heavy (non-hydrogen) atoms. The lowest BCUT2D eigenvalue weighted by atomic mass is 10.1. The average Bonchev–Trinajstić information content (AvgIpc) is 2.59. The molecule has 0 aliphatic rings. The standard InChI is InChI=1S/C18H12N2O3/c19-13-15-5-3-6-16(12-15)18(21)7-2-1-4-14-8-10-17(11-9-14)20(22)23/h1-12H. The van der Waals surface area contributed by atoms with E-state index >= 15 is 0 Å². The lowest BCUT2D eigenvalue weighted by Crippen LogP contribution is -1.94. The Morgan fingerprint density at radius 2 is 1.87 bits per heavy atom. The van der Waals surface area contributed by atoms with Crippen molar-refractivity contribution in [2.75, 3.05) is 0 Å². The number of non-ortho nitro benzene ring substituents is 1. The number of nitriles is 1. The number of nitro benzene ring substituents is 1. The summed E-state index contributed by atoms with van der Waals surface area (Å²) in [5, 5.41) is 19.4. The first kappa shape index (κ1) is 15.9. The summed E-state index contributed by atoms with van der Waals surface area (Å²) in [5.74, 6) is -0.199. The van der Waals surface area contributed by atoms with Gasteiger partial charge in [-0.2, -0.15) is 5.26 Å². The van der Waals surface area contributed by atoms with E-state index in [9.17, 15) is 14.9 Å². The summed E-state index contributed by atoms with van der Waals surface area (Å²) in [6, 6.07) is 14.5. The number of hydrogen-bond donors (Lipinski definition) is 0. The third-order valence-corrected chi connectivity index (χ3v) is 3.03. The van der Waals surface area contributed by atoms with E-state index in [-0.39, 0.29) is 11.5 Å². The zero-order chi connectivity index (χ0) is 16.7. The lowest BCUT2D eigenvalue weighted by molar-refractivity contribution is -0.384. The van der Waals surface area contributed by atoms with Gasteiger partial charge in [0.2, 0.25) is 0 Å². The number of allylic oxidation sites excluding steroid dienone is 3. The third kappa shape index (κ3) is 4.48. The minimum absolute atomic E-state index is 0.0326. The lowest BCUT2D eigenvalue weighted by Gasteiger charge is -1.95. The SMILES string of the molecule is N#Cc1cccc(C(=O)C=CC=Cc2ccc([N+](=O)[O-])cc2)c1. The van der Waals surface area contributed by atoms with Gasteiger partial charge in [-0.3, -0.25) is 14.9 Å². The molecule has 112 valence electrons. The molecule has 0 aliphatic heterocycles. The molecule has 0 aliphatic carbocycles. The van der Waals surface area contributed by atoms with Crippen LogP contribution in [0.1, 0.15) is 21.5 Å². The van der Waals surface area contributed by atoms with Crippen molar-refractivity contribution in [1.82, 2.24) is 0 Å². The van der Waals surface area contributed by atoms with E-state index in [1.807, 2.05) is 6.07 Å². The van der Waals surface area contributed by atoms with Gasteiger partial charge in [0.1, 0.15) is 0 Å². The van der Waals surface area contributed by atoms with Gasteiger partial charge in [-0.15, -0.1) is 0 Å². The highest BCUT2D eigenvalue weighted by atomic mass is 16.6. The van der Waals surface area contributed by atoms with Crippen molar-refractivity contribution in [2.24, 2.45) is 0 Å². The maximum atomic E-state index is 11.9. The average molecular weight is 304 g/mol. The first-order chi connectivity index (χ1) is 11.1. The van der Waals surface area contributed by atoms with E-state index in [0.29, 0.717) is 11.1 Å². The first-order valence-electron chi connectivity index (χ1n) is 6.74. The van der Waals surface area contributed by atoms with Gasteiger partial charge in [-0.1, -0.05) is 30.4 Å². The van der Waals surface area contributed by atoms with Crippen molar-refractivity contribution >= 4 is 17.5 Å². The highest BCUT2D eigenvalue weighted by molar-refractivity contribution is 6.04. The second-order valence-corrected chi connectivity index (χ2v) is 4.62. The second kappa shape index (κ2) is 7.48. The Bertz CT molecular complexity index is 828. The molecular formula is C18H12N2O3. The summed E-state index contributed by atoms with van der Waals surface area (Å²) in [5.41, 5.74) is 1.71. The molecule has 0 atom stereocenters. The molecule has 2 aromatic rings. The molecule has 0 saturated heterocycles. The largest absolute Gasteiger partial charge is 0.289 e. The van der Waals surface area contributed by atoms with Crippen LogP contribution in [0.2, 0.25) is 0 Å². The monoisotopic (exact) mass is 304 g/mol. The van der Waals surface area contributed by atoms with Crippen LogP contribution in [0.5, 0.6) is 0 Å². The van der Waals surface area contributed by atoms with Gasteiger partial charge in [-0.05, 0) is 35.9 Å². The van der Waals surface area contributed by atoms with E-state index in [4.69, 9.17) is 5.26 Å². The van der Waals surface area contributed by atoms with Crippen LogP contribution in [-0.2, 0) is 0 Å². The van der Waals surface area contributed by atoms with Gasteiger partial charge in [-0.25, -0.2) is 0 Å². The van der Waals surface area contributed by atoms with Gasteiger partial charge in [0.15, 0.2) is 5.78 Å². The van der Waals surface area contributed by atoms with E-state index in [1.165, 1.54) is 24.3 Å². The molecule has 0 fully saturated rings. The number of hydrogen-bond acceptors (Lipinski definition) is 4. The normalized spacial score (nSPS) is 10.7. The molecule has 0 radical (unpaired) electrons. The number of ketones is 1. The molecule has 5 heteroatoms. The maximum absolute atomic E-state index is 11.9. The Balaban J connectivity index is 2.01. The Morgan fingerprint density at radius 3 is 2.52 bits per heavy atom. The Morgan fingerprint density at radius 1 is 1.13 bits per heavy atom. The molecule has 2 aromatic carbocycles. The molecule has 0 spiro atoms. The molecule has 0 saturated carbocycles. The van der Waals surface area contributed by atoms with Crippen LogP contribution in [0.3, 0.4) is 0 Å². The summed E-state index contributed by atoms with van der Waals surface area (Å²) in [6.45, 7) is 0. The van der Waals surface area contributed by atoms with Crippen LogP contribution in [-0.4, -0.2) is 10.7 Å². The third-order valence-electron chi connectivity index (χ3n) is 3.03. The smallest absolute Gasteiger partial charge is 0.269 e. The minimum Gasteiger partial charge on any atom is -0.289 e. The van der Waals surface area contributed by atoms with Crippen molar-refractivity contribution in [3.05, 3.63) is 93.6 Å². The summed E-state index contributed by atoms with van der Waals surface area (Å²) >= 11 is 0. The van der Waals surface area contributed by atoms with Crippen LogP contribution in [0.4, 0.5) is 5.69 Å². The highest BCUT2D eigenvalue weighted by Crippen LogP contribution is 2.13. The fourth-order valence-electron chi connectivity index (χ4n) is 1.86. The molecular weight excluding hydrogens is 292 g/mol. The summed E-state index contributed by atoms with van der Waals surface area (Å²) in [4.78, 5) is 22.0. The van der Waals surface area contributed by atoms with Crippen molar-refractivity contribution in [2.45, 2.75) is 0 Å². The van der Waals surface area contributed by atoms with Crippen LogP contribution >= 0.6 is 0 Å². The second-order valence-electron chi connectivity index (χ2n) is 4.62. The molecule has 2 rings (SSSR count). The van der Waals surface area contributed by atoms with Gasteiger partial charge < -0.3 is 0 Å². The van der Waals surface area contributed by atoms with Gasteiger partial charge in [0.25, 0.3) is 5.69 Å². The van der Waals surface area contributed by atoms with E-state index in [0.717, 1.165) is 5.56 Å². The summed E-state index contributed by atoms with van der Waals surface area (Å²) in [7, 11) is 0. The number of carbonyl (C=O) groups is 1. The zero-order valence-electron chi connectivity index (χ0n) is 12.0. The Hall–Kier alpha value is -3.52. The minimum atomic E-state index is -0.457. The summed E-state index contributed by atoms with van der Waals surface area (Å²) < 4.78 is 0. The molecule has 0 amide bonds. The summed E-state index contributed by atoms with van der Waals surface area (Å²) in [6.07, 6.45) is 6.40. The molecule has 0 heterocycles. The van der Waals surface area contributed by atoms with Gasteiger partial charge >= 0.3 is 0 Å². The molecule has 0 unspecified atom stereocenters. The van der Waals surface area contributed by atoms with Crippen LogP contribution in [0.25, 0.3) is 6.08 Å². The Labute approximate surface area is 133 Å². The fraction of sp³-hybridized carbons (Fsp3) is 0. The fourth-order valence-corrected chi connectivity index (χ4v) is 1.86. The number of nitro groups is 1. The first-order valence-corrected chi connectivity index (χ1v) is 6.74. The maximum Gasteiger partial charge on any atom is 0.269 e. The molecule has 5 nitrogen and oxygen atoms in total. The highest BCUT2D eigenvalue weighted by Gasteiger charge is 2.03. The molecule has 0 bridgehead atoms. The van der Waals surface area contributed by atoms with Crippen molar-refractivity contribution in [3.63, 3.8) is 0 Å². The van der Waals surface area contributed by atoms with E-state index < -0.39 is 4.92 Å². The van der Waals surface area contributed by atoms with Gasteiger partial charge in [0, 0.05) is 17.7 Å². The van der Waals surface area contributed by atoms with Crippen LogP contribution in [0.15, 0.2) is 66.8 Å². The molecule has 0 aromatic heterocycles. The van der Waals surface area contributed by atoms with Crippen molar-refractivity contribution < 1.29 is 9.72 Å². The topological polar surface area (TPSA) is 84.0 Å². The predicted octanol–water partition coefficient (Wildman–Crippen LogP) is 3.92. The zero-order valence-corrected chi connectivity index (χ0v) is 12.0.